The number of phenolic OH excluding ortho intramolecular Hbond substituents is 1. The van der Waals surface area contributed by atoms with Gasteiger partial charge >= 0.3 is 0 Å². The van der Waals surface area contributed by atoms with Gasteiger partial charge in [-0.15, -0.1) is 0 Å². The zero-order valence-corrected chi connectivity index (χ0v) is 7.56. The van der Waals surface area contributed by atoms with Crippen LogP contribution in [0.15, 0.2) is 23.1 Å². The van der Waals surface area contributed by atoms with E-state index in [9.17, 15) is 5.11 Å². The normalized spacial score (nSPS) is 9.33. The van der Waals surface area contributed by atoms with Gasteiger partial charge in [-0.05, 0) is 35.9 Å². The highest BCUT2D eigenvalue weighted by Gasteiger charge is 2.01. The number of thiocyanates is 1. The molecule has 1 N–H and O–H groups in total. The summed E-state index contributed by atoms with van der Waals surface area (Å²) in [6, 6.07) is 5.32. The smallest absolute Gasteiger partial charge is 0.138 e. The van der Waals surface area contributed by atoms with Gasteiger partial charge in [-0.1, -0.05) is 13.0 Å². The first-order chi connectivity index (χ1) is 5.77. The number of phenols is 1. The molecule has 62 valence electrons. The third-order valence-electron chi connectivity index (χ3n) is 1.59. The van der Waals surface area contributed by atoms with Crippen LogP contribution >= 0.6 is 11.8 Å². The predicted octanol–water partition coefficient (Wildman–Crippen LogP) is 2.53. The van der Waals surface area contributed by atoms with Gasteiger partial charge in [0.1, 0.15) is 11.2 Å². The van der Waals surface area contributed by atoms with Gasteiger partial charge in [-0.25, -0.2) is 0 Å². The second kappa shape index (κ2) is 4.03. The Balaban J connectivity index is 3.01. The number of nitrogens with zero attached hydrogens (tertiary/aromatic N) is 1. The lowest BCUT2D eigenvalue weighted by molar-refractivity contribution is 0.462. The summed E-state index contributed by atoms with van der Waals surface area (Å²) in [5, 5.41) is 19.6. The van der Waals surface area contributed by atoms with E-state index in [4.69, 9.17) is 5.26 Å². The number of rotatable bonds is 2. The molecule has 0 saturated heterocycles. The highest BCUT2D eigenvalue weighted by atomic mass is 32.2. The van der Waals surface area contributed by atoms with Crippen molar-refractivity contribution in [3.63, 3.8) is 0 Å². The Morgan fingerprint density at radius 1 is 1.58 bits per heavy atom. The van der Waals surface area contributed by atoms with E-state index in [2.05, 4.69) is 0 Å². The number of aryl methyl sites for hydroxylation is 1. The Morgan fingerprint density at radius 3 is 2.92 bits per heavy atom. The predicted molar refractivity (Wildman–Crippen MR) is 49.0 cm³/mol. The van der Waals surface area contributed by atoms with E-state index in [0.29, 0.717) is 4.90 Å². The molecule has 0 amide bonds. The number of benzene rings is 1. The van der Waals surface area contributed by atoms with E-state index < -0.39 is 0 Å². The molecule has 0 aliphatic heterocycles. The first-order valence-electron chi connectivity index (χ1n) is 3.65. The van der Waals surface area contributed by atoms with Crippen LogP contribution in [0.3, 0.4) is 0 Å². The van der Waals surface area contributed by atoms with Crippen LogP contribution in [0, 0.1) is 10.7 Å². The highest BCUT2D eigenvalue weighted by Crippen LogP contribution is 2.28. The van der Waals surface area contributed by atoms with E-state index in [1.807, 2.05) is 24.5 Å². The van der Waals surface area contributed by atoms with Crippen molar-refractivity contribution in [2.24, 2.45) is 0 Å². The van der Waals surface area contributed by atoms with Gasteiger partial charge in [0.05, 0.1) is 4.90 Å². The molecule has 0 heterocycles. The molecule has 0 saturated carbocycles. The molecule has 2 nitrogen and oxygen atoms in total. The maximum absolute atomic E-state index is 9.29. The molecular formula is C9H9NOS. The highest BCUT2D eigenvalue weighted by molar-refractivity contribution is 8.03. The van der Waals surface area contributed by atoms with Crippen molar-refractivity contribution in [2.75, 3.05) is 0 Å². The summed E-state index contributed by atoms with van der Waals surface area (Å²) in [6.07, 6.45) is 0.916. The second-order valence-electron chi connectivity index (χ2n) is 2.35. The van der Waals surface area contributed by atoms with E-state index in [-0.39, 0.29) is 5.75 Å². The van der Waals surface area contributed by atoms with Gasteiger partial charge in [0.15, 0.2) is 0 Å². The lowest BCUT2D eigenvalue weighted by Gasteiger charge is -2.01. The van der Waals surface area contributed by atoms with Gasteiger partial charge in [0.2, 0.25) is 0 Å². The number of nitriles is 1. The van der Waals surface area contributed by atoms with Crippen LogP contribution in [0.2, 0.25) is 0 Å². The SMILES string of the molecule is CCc1ccc(O)c(SC#N)c1. The van der Waals surface area contributed by atoms with Gasteiger partial charge in [-0.3, -0.25) is 0 Å². The Bertz CT molecular complexity index is 317. The summed E-state index contributed by atoms with van der Waals surface area (Å²) < 4.78 is 0. The van der Waals surface area contributed by atoms with Crippen LogP contribution in [0.5, 0.6) is 5.75 Å². The maximum atomic E-state index is 9.29. The molecule has 0 aliphatic carbocycles. The van der Waals surface area contributed by atoms with Crippen molar-refractivity contribution in [1.29, 1.82) is 5.26 Å². The van der Waals surface area contributed by atoms with Crippen molar-refractivity contribution in [2.45, 2.75) is 18.2 Å². The van der Waals surface area contributed by atoms with Crippen molar-refractivity contribution < 1.29 is 5.11 Å². The van der Waals surface area contributed by atoms with Crippen LogP contribution in [0.4, 0.5) is 0 Å². The summed E-state index contributed by atoms with van der Waals surface area (Å²) in [6.45, 7) is 2.03. The zero-order chi connectivity index (χ0) is 8.97. The molecule has 0 spiro atoms. The monoisotopic (exact) mass is 179 g/mol. The molecule has 0 aliphatic rings. The van der Waals surface area contributed by atoms with Gasteiger partial charge in [0.25, 0.3) is 0 Å². The average Bonchev–Trinajstić information content (AvgIpc) is 2.09. The van der Waals surface area contributed by atoms with E-state index in [1.54, 1.807) is 6.07 Å². The molecule has 0 radical (unpaired) electrons. The lowest BCUT2D eigenvalue weighted by atomic mass is 10.2. The third kappa shape index (κ3) is 1.93. The summed E-state index contributed by atoms with van der Waals surface area (Å²) >= 11 is 0.987. The lowest BCUT2D eigenvalue weighted by Crippen LogP contribution is -1.80. The zero-order valence-electron chi connectivity index (χ0n) is 6.74. The summed E-state index contributed by atoms with van der Waals surface area (Å²) in [4.78, 5) is 0.636. The third-order valence-corrected chi connectivity index (χ3v) is 2.23. The molecular weight excluding hydrogens is 170 g/mol. The van der Waals surface area contributed by atoms with Gasteiger partial charge < -0.3 is 5.11 Å². The fourth-order valence-electron chi connectivity index (χ4n) is 0.909. The molecule has 0 bridgehead atoms. The van der Waals surface area contributed by atoms with Crippen molar-refractivity contribution in [3.05, 3.63) is 23.8 Å². The molecule has 1 aromatic rings. The van der Waals surface area contributed by atoms with Crippen LogP contribution < -0.4 is 0 Å². The summed E-state index contributed by atoms with van der Waals surface area (Å²) in [7, 11) is 0. The number of hydrogen-bond donors (Lipinski definition) is 1. The fraction of sp³-hybridized carbons (Fsp3) is 0.222. The van der Waals surface area contributed by atoms with Crippen molar-refractivity contribution >= 4 is 11.8 Å². The van der Waals surface area contributed by atoms with Gasteiger partial charge in [0, 0.05) is 0 Å². The molecule has 3 heteroatoms. The molecule has 1 rings (SSSR count). The van der Waals surface area contributed by atoms with Gasteiger partial charge in [-0.2, -0.15) is 5.26 Å². The average molecular weight is 179 g/mol. The van der Waals surface area contributed by atoms with E-state index in [0.717, 1.165) is 23.7 Å². The molecule has 0 fully saturated rings. The number of hydrogen-bond acceptors (Lipinski definition) is 3. The molecule has 0 unspecified atom stereocenters. The Labute approximate surface area is 75.8 Å². The topological polar surface area (TPSA) is 44.0 Å². The molecule has 0 aromatic heterocycles. The summed E-state index contributed by atoms with van der Waals surface area (Å²) in [5.74, 6) is 0.179. The minimum Gasteiger partial charge on any atom is -0.507 e. The summed E-state index contributed by atoms with van der Waals surface area (Å²) in [5.41, 5.74) is 1.13. The Hall–Kier alpha value is -1.14. The van der Waals surface area contributed by atoms with Crippen molar-refractivity contribution in [1.82, 2.24) is 0 Å². The van der Waals surface area contributed by atoms with Crippen molar-refractivity contribution in [3.8, 4) is 11.2 Å². The second-order valence-corrected chi connectivity index (χ2v) is 3.18. The molecule has 0 atom stereocenters. The largest absolute Gasteiger partial charge is 0.507 e. The van der Waals surface area contributed by atoms with Crippen LogP contribution in [0.25, 0.3) is 0 Å². The quantitative estimate of drug-likeness (QED) is 0.560. The van der Waals surface area contributed by atoms with E-state index >= 15 is 0 Å². The maximum Gasteiger partial charge on any atom is 0.138 e. The number of thioether (sulfide) groups is 1. The first kappa shape index (κ1) is 8.95. The number of aromatic hydroxyl groups is 1. The van der Waals surface area contributed by atoms with E-state index in [1.165, 1.54) is 0 Å². The first-order valence-corrected chi connectivity index (χ1v) is 4.47. The minimum absolute atomic E-state index is 0.179. The fourth-order valence-corrected chi connectivity index (χ4v) is 1.39. The Kier molecular flexibility index (Phi) is 3.01. The Morgan fingerprint density at radius 2 is 2.33 bits per heavy atom. The van der Waals surface area contributed by atoms with Crippen LogP contribution in [-0.4, -0.2) is 5.11 Å². The molecule has 1 aromatic carbocycles. The minimum atomic E-state index is 0.179. The molecule has 12 heavy (non-hydrogen) atoms. The van der Waals surface area contributed by atoms with Crippen LogP contribution in [0.1, 0.15) is 12.5 Å². The van der Waals surface area contributed by atoms with Crippen LogP contribution in [-0.2, 0) is 6.42 Å². The standard InChI is InChI=1S/C9H9NOS/c1-2-7-3-4-8(11)9(5-7)12-6-10/h3-5,11H,2H2,1H3.